The minimum absolute atomic E-state index is 0.0137. The van der Waals surface area contributed by atoms with Crippen LogP contribution >= 0.6 is 0 Å². The lowest BCUT2D eigenvalue weighted by atomic mass is 9.80. The van der Waals surface area contributed by atoms with Crippen molar-refractivity contribution in [3.05, 3.63) is 29.8 Å². The highest BCUT2D eigenvalue weighted by Gasteiger charge is 2.44. The van der Waals surface area contributed by atoms with Gasteiger partial charge in [0.25, 0.3) is 0 Å². The summed E-state index contributed by atoms with van der Waals surface area (Å²) in [6, 6.07) is -2.81. The molecule has 0 bridgehead atoms. The SMILES string of the molecule is CC(C)C[C@@H]1NC(=O)[C@H](CCCC(=O)O)NC(=O)CS(=O)C[C@@H](C(N)=O)NC(=O)CCCCNC(=O)[C@H](C(C)C)NC(=O)[C@H](CC(N)=O)NC(=O)C2(CCCCC2)NC(=O)[C@H](Cc2ccc(O)cc2)NC1=O. The molecule has 72 heavy (non-hydrogen) atoms. The molecular weight excluding hydrogens is 961 g/mol. The highest BCUT2D eigenvalue weighted by atomic mass is 32.2. The normalized spacial score (nSPS) is 25.3. The molecule has 7 atom stereocenters. The standard InChI is InChI=1S/C47H72N10O14S/c1-26(2)21-31-42(66)54-32(22-28-14-16-29(58)17-15-28)44(68)57-47(18-7-5-8-19-47)46(70)55-33(23-35(48)59)43(67)56-39(27(3)4)45(69)50-20-9-6-12-36(60)52-34(40(49)64)24-72(71)25-37(61)51-30(41(65)53-31)11-10-13-38(62)63/h14-17,26-27,30-34,39,58H,5-13,18-25H2,1-4H3,(H2,48,59)(H2,49,64)(H,50,69)(H,51,61)(H,52,60)(H,53,65)(H,54,66)(H,55,70)(H,56,67)(H,57,68)(H,62,63)/t30-,31-,32-,33-,34-,39-,72?/m0/s1. The van der Waals surface area contributed by atoms with Crippen LogP contribution in [0.4, 0.5) is 0 Å². The Kier molecular flexibility index (Phi) is 24.0. The van der Waals surface area contributed by atoms with Crippen LogP contribution in [0.15, 0.2) is 24.3 Å². The minimum Gasteiger partial charge on any atom is -0.508 e. The van der Waals surface area contributed by atoms with E-state index in [1.165, 1.54) is 24.3 Å². The molecule has 2 fully saturated rings. The number of phenolic OH excluding ortho intramolecular Hbond substituents is 1. The number of nitrogens with one attached hydrogen (secondary N) is 8. The number of benzene rings is 1. The summed E-state index contributed by atoms with van der Waals surface area (Å²) in [6.07, 6.45) is 0.364. The second-order valence-electron chi connectivity index (χ2n) is 19.1. The van der Waals surface area contributed by atoms with Crippen molar-refractivity contribution in [1.29, 1.82) is 0 Å². The lowest BCUT2D eigenvalue weighted by molar-refractivity contribution is -0.140. The van der Waals surface area contributed by atoms with Gasteiger partial charge in [0.15, 0.2) is 0 Å². The monoisotopic (exact) mass is 1030 g/mol. The van der Waals surface area contributed by atoms with E-state index in [2.05, 4.69) is 42.5 Å². The number of aliphatic carboxylic acids is 1. The van der Waals surface area contributed by atoms with E-state index in [-0.39, 0.29) is 76.0 Å². The molecule has 2 aliphatic rings. The van der Waals surface area contributed by atoms with Crippen molar-refractivity contribution >= 4 is 75.8 Å². The second kappa shape index (κ2) is 29.0. The quantitative estimate of drug-likeness (QED) is 0.108. The van der Waals surface area contributed by atoms with Crippen LogP contribution < -0.4 is 54.0 Å². The first-order valence-corrected chi connectivity index (χ1v) is 25.7. The predicted molar refractivity (Wildman–Crippen MR) is 261 cm³/mol. The van der Waals surface area contributed by atoms with E-state index in [1.54, 1.807) is 27.7 Å². The Morgan fingerprint density at radius 3 is 1.94 bits per heavy atom. The molecule has 1 saturated heterocycles. The van der Waals surface area contributed by atoms with Crippen molar-refractivity contribution in [3.63, 3.8) is 0 Å². The van der Waals surface area contributed by atoms with Crippen molar-refractivity contribution in [2.24, 2.45) is 23.3 Å². The predicted octanol–water partition coefficient (Wildman–Crippen LogP) is -1.97. The van der Waals surface area contributed by atoms with Gasteiger partial charge in [0, 0.05) is 36.6 Å². The van der Waals surface area contributed by atoms with E-state index in [4.69, 9.17) is 11.5 Å². The summed E-state index contributed by atoms with van der Waals surface area (Å²) in [6.45, 7) is 6.84. The van der Waals surface area contributed by atoms with Crippen molar-refractivity contribution < 1.29 is 67.2 Å². The Bertz CT molecular complexity index is 2150. The van der Waals surface area contributed by atoms with Gasteiger partial charge in [-0.1, -0.05) is 59.1 Å². The fourth-order valence-corrected chi connectivity index (χ4v) is 9.37. The highest BCUT2D eigenvalue weighted by molar-refractivity contribution is 7.85. The summed E-state index contributed by atoms with van der Waals surface area (Å²) in [4.78, 5) is 147. The van der Waals surface area contributed by atoms with Gasteiger partial charge in [0.2, 0.25) is 59.1 Å². The minimum atomic E-state index is -2.15. The van der Waals surface area contributed by atoms with Crippen LogP contribution in [0.25, 0.3) is 0 Å². The first-order valence-electron chi connectivity index (χ1n) is 24.2. The lowest BCUT2D eigenvalue weighted by Crippen LogP contribution is -2.66. The van der Waals surface area contributed by atoms with Crippen molar-refractivity contribution in [2.75, 3.05) is 18.1 Å². The van der Waals surface area contributed by atoms with E-state index in [0.29, 0.717) is 24.8 Å². The number of hydrogen-bond acceptors (Lipinski definition) is 13. The number of carboxylic acids is 1. The van der Waals surface area contributed by atoms with E-state index < -0.39 is 148 Å². The van der Waals surface area contributed by atoms with Gasteiger partial charge in [-0.25, -0.2) is 0 Å². The molecule has 14 N–H and O–H groups in total. The molecule has 1 aliphatic heterocycles. The third kappa shape index (κ3) is 20.2. The molecule has 0 aromatic heterocycles. The summed E-state index contributed by atoms with van der Waals surface area (Å²) in [5.41, 5.74) is 9.80. The van der Waals surface area contributed by atoms with Crippen LogP contribution in [0.1, 0.15) is 117 Å². The van der Waals surface area contributed by atoms with Crippen molar-refractivity contribution in [1.82, 2.24) is 42.5 Å². The lowest BCUT2D eigenvalue weighted by Gasteiger charge is -2.39. The van der Waals surface area contributed by atoms with Crippen molar-refractivity contribution in [2.45, 2.75) is 159 Å². The average Bonchev–Trinajstić information content (AvgIpc) is 3.29. The zero-order valence-electron chi connectivity index (χ0n) is 41.3. The zero-order chi connectivity index (χ0) is 53.7. The number of nitrogens with two attached hydrogens (primary N) is 2. The molecule has 1 unspecified atom stereocenters. The van der Waals surface area contributed by atoms with E-state index in [9.17, 15) is 67.2 Å². The van der Waals surface area contributed by atoms with Crippen molar-refractivity contribution in [3.8, 4) is 5.75 Å². The van der Waals surface area contributed by atoms with Gasteiger partial charge in [-0.15, -0.1) is 0 Å². The Morgan fingerprint density at radius 2 is 1.35 bits per heavy atom. The summed E-state index contributed by atoms with van der Waals surface area (Å²) < 4.78 is 13.2. The number of phenols is 1. The Morgan fingerprint density at radius 1 is 0.722 bits per heavy atom. The largest absolute Gasteiger partial charge is 0.508 e. The Hall–Kier alpha value is -6.66. The third-order valence-corrected chi connectivity index (χ3v) is 13.4. The smallest absolute Gasteiger partial charge is 0.303 e. The Labute approximate surface area is 420 Å². The van der Waals surface area contributed by atoms with Gasteiger partial charge in [-0.3, -0.25) is 56.9 Å². The molecule has 24 nitrogen and oxygen atoms in total. The summed E-state index contributed by atoms with van der Waals surface area (Å²) in [5, 5.41) is 40.1. The summed E-state index contributed by atoms with van der Waals surface area (Å²) >= 11 is 0. The van der Waals surface area contributed by atoms with Crippen LogP contribution in [0.5, 0.6) is 5.75 Å². The molecule has 1 aromatic rings. The van der Waals surface area contributed by atoms with Crippen LogP contribution in [0, 0.1) is 11.8 Å². The third-order valence-electron chi connectivity index (χ3n) is 12.1. The molecule has 400 valence electrons. The van der Waals surface area contributed by atoms with E-state index in [0.717, 1.165) is 0 Å². The molecule has 25 heteroatoms. The van der Waals surface area contributed by atoms with E-state index >= 15 is 0 Å². The maximum absolute atomic E-state index is 14.6. The van der Waals surface area contributed by atoms with Gasteiger partial charge in [-0.05, 0) is 74.5 Å². The number of carboxylic acid groups (broad SMARTS) is 1. The van der Waals surface area contributed by atoms with Gasteiger partial charge in [0.1, 0.15) is 53.3 Å². The fraction of sp³-hybridized carbons (Fsp3) is 0.638. The van der Waals surface area contributed by atoms with Gasteiger partial charge >= 0.3 is 5.97 Å². The van der Waals surface area contributed by atoms with Gasteiger partial charge < -0.3 is 64.2 Å². The summed E-state index contributed by atoms with van der Waals surface area (Å²) in [7, 11) is -2.15. The number of hydrogen-bond donors (Lipinski definition) is 12. The highest BCUT2D eigenvalue weighted by Crippen LogP contribution is 2.29. The van der Waals surface area contributed by atoms with Crippen LogP contribution in [-0.2, 0) is 70.0 Å². The number of amides is 10. The molecule has 1 saturated carbocycles. The maximum atomic E-state index is 14.6. The summed E-state index contributed by atoms with van der Waals surface area (Å²) in [5.74, 6) is -12.0. The van der Waals surface area contributed by atoms with Gasteiger partial charge in [-0.2, -0.15) is 0 Å². The number of rotatable bonds is 12. The number of aromatic hydroxyl groups is 1. The van der Waals surface area contributed by atoms with Crippen LogP contribution in [0.3, 0.4) is 0 Å². The topological polar surface area (TPSA) is 394 Å². The first kappa shape index (κ1) is 59.6. The average molecular weight is 1030 g/mol. The molecule has 3 rings (SSSR count). The van der Waals surface area contributed by atoms with E-state index in [1.807, 2.05) is 0 Å². The number of carbonyl (C=O) groups excluding carboxylic acids is 10. The zero-order valence-corrected chi connectivity index (χ0v) is 42.1. The number of carbonyl (C=O) groups is 11. The van der Waals surface area contributed by atoms with Crippen LogP contribution in [-0.4, -0.2) is 139 Å². The maximum Gasteiger partial charge on any atom is 0.303 e. The first-order chi connectivity index (χ1) is 33.9. The molecular formula is C47H72N10O14S. The van der Waals surface area contributed by atoms with Crippen LogP contribution in [0.2, 0.25) is 0 Å². The molecule has 1 aromatic carbocycles. The fourth-order valence-electron chi connectivity index (χ4n) is 8.25. The molecule has 1 heterocycles. The molecule has 1 aliphatic carbocycles. The molecule has 10 amide bonds. The number of primary amides is 2. The second-order valence-corrected chi connectivity index (χ2v) is 20.6. The Balaban J connectivity index is 2.10. The molecule has 0 radical (unpaired) electrons. The molecule has 1 spiro atoms. The van der Waals surface area contributed by atoms with Gasteiger partial charge in [0.05, 0.1) is 12.2 Å².